The number of benzene rings is 6. The van der Waals surface area contributed by atoms with Crippen molar-refractivity contribution >= 4 is 69.0 Å². The topological polar surface area (TPSA) is 76.7 Å². The highest BCUT2D eigenvalue weighted by atomic mass is 16.7. The van der Waals surface area contributed by atoms with E-state index in [1.54, 1.807) is 0 Å². The molecule has 6 aromatic rings. The Balaban J connectivity index is 1.34. The van der Waals surface area contributed by atoms with Crippen LogP contribution in [-0.4, -0.2) is 18.6 Å². The van der Waals surface area contributed by atoms with E-state index in [0.29, 0.717) is 11.4 Å². The molecule has 0 spiro atoms. The van der Waals surface area contributed by atoms with Crippen LogP contribution >= 0.6 is 0 Å². The van der Waals surface area contributed by atoms with Crippen molar-refractivity contribution in [2.75, 3.05) is 17.4 Å². The highest BCUT2D eigenvalue weighted by molar-refractivity contribution is 6.12. The van der Waals surface area contributed by atoms with Crippen LogP contribution in [0.1, 0.15) is 22.3 Å². The molecular formula is C43H32N2O4. The molecule has 0 saturated heterocycles. The van der Waals surface area contributed by atoms with Crippen molar-refractivity contribution < 1.29 is 19.1 Å². The summed E-state index contributed by atoms with van der Waals surface area (Å²) in [5.74, 6) is 0.981. The molecule has 7 rings (SSSR count). The summed E-state index contributed by atoms with van der Waals surface area (Å²) in [6.45, 7) is 7.06. The van der Waals surface area contributed by atoms with Crippen molar-refractivity contribution in [3.63, 3.8) is 0 Å². The lowest BCUT2D eigenvalue weighted by molar-refractivity contribution is -0.112. The van der Waals surface area contributed by atoms with Crippen molar-refractivity contribution in [3.8, 4) is 22.6 Å². The molecule has 6 nitrogen and oxygen atoms in total. The third kappa shape index (κ3) is 6.48. The molecule has 0 bridgehead atoms. The molecule has 0 radical (unpaired) electrons. The van der Waals surface area contributed by atoms with Gasteiger partial charge in [-0.2, -0.15) is 0 Å². The Morgan fingerprint density at radius 3 is 1.37 bits per heavy atom. The summed E-state index contributed by atoms with van der Waals surface area (Å²) in [5, 5.41) is 9.84. The Kier molecular flexibility index (Phi) is 8.59. The van der Waals surface area contributed by atoms with E-state index in [-0.39, 0.29) is 18.6 Å². The monoisotopic (exact) mass is 640 g/mol. The van der Waals surface area contributed by atoms with E-state index >= 15 is 0 Å². The predicted molar refractivity (Wildman–Crippen MR) is 201 cm³/mol. The van der Waals surface area contributed by atoms with Gasteiger partial charge in [0.25, 0.3) is 0 Å². The van der Waals surface area contributed by atoms with Crippen molar-refractivity contribution in [2.24, 2.45) is 0 Å². The van der Waals surface area contributed by atoms with E-state index in [2.05, 4.69) is 72.3 Å². The van der Waals surface area contributed by atoms with Crippen LogP contribution in [0, 0.1) is 0 Å². The lowest BCUT2D eigenvalue weighted by Crippen LogP contribution is -2.06. The van der Waals surface area contributed by atoms with Gasteiger partial charge in [0.1, 0.15) is 11.5 Å². The van der Waals surface area contributed by atoms with Crippen LogP contribution in [-0.2, 0) is 9.59 Å². The molecular weight excluding hydrogens is 608 g/mol. The van der Waals surface area contributed by atoms with E-state index in [9.17, 15) is 9.59 Å². The molecule has 1 aliphatic heterocycles. The van der Waals surface area contributed by atoms with Gasteiger partial charge in [0, 0.05) is 33.6 Å². The first kappa shape index (κ1) is 31.0. The van der Waals surface area contributed by atoms with Crippen molar-refractivity contribution in [3.05, 3.63) is 157 Å². The molecule has 2 amide bonds. The fourth-order valence-electron chi connectivity index (χ4n) is 6.02. The second kappa shape index (κ2) is 13.6. The van der Waals surface area contributed by atoms with Crippen LogP contribution < -0.4 is 20.1 Å². The van der Waals surface area contributed by atoms with Crippen LogP contribution in [0.3, 0.4) is 0 Å². The Morgan fingerprint density at radius 1 is 0.551 bits per heavy atom. The first-order valence-electron chi connectivity index (χ1n) is 15.8. The molecule has 49 heavy (non-hydrogen) atoms. The molecule has 1 aliphatic rings. The van der Waals surface area contributed by atoms with Gasteiger partial charge in [-0.25, -0.2) is 0 Å². The maximum Gasteiger partial charge on any atom is 0.247 e. The van der Waals surface area contributed by atoms with Gasteiger partial charge in [0.2, 0.25) is 18.6 Å². The number of carbonyl (C=O) groups excluding carboxylic acids is 2. The minimum Gasteiger partial charge on any atom is -0.456 e. The average molecular weight is 641 g/mol. The lowest BCUT2D eigenvalue weighted by atomic mass is 9.88. The summed E-state index contributed by atoms with van der Waals surface area (Å²) in [4.78, 5) is 23.4. The molecule has 6 heteroatoms. The van der Waals surface area contributed by atoms with Crippen LogP contribution in [0.25, 0.3) is 57.0 Å². The molecule has 238 valence electrons. The Labute approximate surface area is 284 Å². The summed E-state index contributed by atoms with van der Waals surface area (Å²) < 4.78 is 12.9. The van der Waals surface area contributed by atoms with Gasteiger partial charge in [-0.05, 0) is 81.2 Å². The average Bonchev–Trinajstić information content (AvgIpc) is 3.35. The zero-order valence-corrected chi connectivity index (χ0v) is 26.6. The molecule has 0 saturated carbocycles. The van der Waals surface area contributed by atoms with E-state index < -0.39 is 0 Å². The molecule has 0 aromatic heterocycles. The van der Waals surface area contributed by atoms with Crippen LogP contribution in [0.5, 0.6) is 11.5 Å². The van der Waals surface area contributed by atoms with Gasteiger partial charge in [-0.1, -0.05) is 110 Å². The third-order valence-electron chi connectivity index (χ3n) is 8.36. The van der Waals surface area contributed by atoms with Gasteiger partial charge < -0.3 is 20.1 Å². The standard InChI is InChI=1S/C43H32N2O4/c1-3-38(46)44-34-21-15-28(16-22-34)13-19-32-25-30-9-5-7-11-36(30)40-41-37-12-8-6-10-31(37)26-33(43(41)49-27-48-42(32)40)20-14-29-17-23-35(24-18-29)45-39(47)4-2/h3-26H,1-2,27H2,(H,44,46)(H,45,47)/b19-13-,20-14-. The second-order valence-corrected chi connectivity index (χ2v) is 11.5. The highest BCUT2D eigenvalue weighted by Gasteiger charge is 2.26. The van der Waals surface area contributed by atoms with E-state index in [0.717, 1.165) is 66.4 Å². The molecule has 0 fully saturated rings. The predicted octanol–water partition coefficient (Wildman–Crippen LogP) is 9.98. The fraction of sp³-hybridized carbons (Fsp3) is 0.0233. The zero-order valence-electron chi connectivity index (χ0n) is 26.6. The molecule has 0 aliphatic carbocycles. The summed E-state index contributed by atoms with van der Waals surface area (Å²) in [6, 6.07) is 36.2. The van der Waals surface area contributed by atoms with Crippen LogP contribution in [0.2, 0.25) is 0 Å². The first-order valence-corrected chi connectivity index (χ1v) is 15.8. The first-order chi connectivity index (χ1) is 24.0. The third-order valence-corrected chi connectivity index (χ3v) is 8.36. The molecule has 0 unspecified atom stereocenters. The van der Waals surface area contributed by atoms with E-state index in [4.69, 9.17) is 9.47 Å². The zero-order chi connectivity index (χ0) is 33.7. The fourth-order valence-corrected chi connectivity index (χ4v) is 6.02. The van der Waals surface area contributed by atoms with Crippen molar-refractivity contribution in [1.29, 1.82) is 0 Å². The quantitative estimate of drug-likeness (QED) is 0.128. The van der Waals surface area contributed by atoms with Crippen LogP contribution in [0.15, 0.2) is 135 Å². The minimum atomic E-state index is -0.252. The van der Waals surface area contributed by atoms with Crippen molar-refractivity contribution in [2.45, 2.75) is 0 Å². The number of nitrogens with one attached hydrogen (secondary N) is 2. The Morgan fingerprint density at radius 2 is 0.959 bits per heavy atom. The molecule has 0 atom stereocenters. The number of amides is 2. The van der Waals surface area contributed by atoms with Gasteiger partial charge in [0.05, 0.1) is 0 Å². The largest absolute Gasteiger partial charge is 0.456 e. The Hall–Kier alpha value is -6.66. The summed E-state index contributed by atoms with van der Waals surface area (Å²) in [6.07, 6.45) is 10.7. The number of anilines is 2. The summed E-state index contributed by atoms with van der Waals surface area (Å²) in [7, 11) is 0. The van der Waals surface area contributed by atoms with E-state index in [1.165, 1.54) is 12.2 Å². The smallest absolute Gasteiger partial charge is 0.247 e. The number of rotatable bonds is 8. The van der Waals surface area contributed by atoms with E-state index in [1.807, 2.05) is 84.9 Å². The van der Waals surface area contributed by atoms with Gasteiger partial charge in [-0.15, -0.1) is 0 Å². The summed E-state index contributed by atoms with van der Waals surface area (Å²) in [5.41, 5.74) is 7.12. The van der Waals surface area contributed by atoms with Crippen molar-refractivity contribution in [1.82, 2.24) is 0 Å². The number of ether oxygens (including phenoxy) is 2. The SMILES string of the molecule is C=CC(=O)Nc1ccc(/C=C\c2cc3ccccc3c3c2OCOc2c(/C=C\c4ccc(NC(=O)C=C)cc4)cc4ccccc4c2-3)cc1. The number of hydrogen-bond donors (Lipinski definition) is 2. The number of carbonyl (C=O) groups is 2. The Bertz CT molecular complexity index is 2150. The minimum absolute atomic E-state index is 0.0355. The van der Waals surface area contributed by atoms with Gasteiger partial charge in [-0.3, -0.25) is 9.59 Å². The normalized spacial score (nSPS) is 12.1. The molecule has 1 heterocycles. The number of hydrogen-bond acceptors (Lipinski definition) is 4. The maximum absolute atomic E-state index is 11.7. The molecule has 6 aromatic carbocycles. The number of fused-ring (bicyclic) bond motifs is 7. The van der Waals surface area contributed by atoms with Gasteiger partial charge >= 0.3 is 0 Å². The van der Waals surface area contributed by atoms with Crippen LogP contribution in [0.4, 0.5) is 11.4 Å². The summed E-state index contributed by atoms with van der Waals surface area (Å²) >= 11 is 0. The molecule has 2 N–H and O–H groups in total. The lowest BCUT2D eigenvalue weighted by Gasteiger charge is -2.17. The maximum atomic E-state index is 11.7. The van der Waals surface area contributed by atoms with Gasteiger partial charge in [0.15, 0.2) is 0 Å². The second-order valence-electron chi connectivity index (χ2n) is 11.5. The highest BCUT2D eigenvalue weighted by Crippen LogP contribution is 2.50.